The summed E-state index contributed by atoms with van der Waals surface area (Å²) < 4.78 is 12.3. The zero-order valence-electron chi connectivity index (χ0n) is 16.0. The zero-order chi connectivity index (χ0) is 20.5. The Bertz CT molecular complexity index is 1210. The summed E-state index contributed by atoms with van der Waals surface area (Å²) in [4.78, 5) is 4.58. The quantitative estimate of drug-likeness (QED) is 0.389. The molecule has 0 fully saturated rings. The van der Waals surface area contributed by atoms with Crippen LogP contribution in [0.1, 0.15) is 18.9 Å². The summed E-state index contributed by atoms with van der Waals surface area (Å²) in [7, 11) is 0. The number of benzene rings is 2. The van der Waals surface area contributed by atoms with E-state index in [-0.39, 0.29) is 0 Å². The first kappa shape index (κ1) is 19.0. The molecule has 0 bridgehead atoms. The maximum atomic E-state index is 6.23. The van der Waals surface area contributed by atoms with Gasteiger partial charge >= 0.3 is 0 Å². The van der Waals surface area contributed by atoms with Gasteiger partial charge in [-0.3, -0.25) is 0 Å². The lowest BCUT2D eigenvalue weighted by Crippen LogP contribution is -2.16. The van der Waals surface area contributed by atoms with Gasteiger partial charge in [0, 0.05) is 21.8 Å². The van der Waals surface area contributed by atoms with E-state index >= 15 is 0 Å². The molecule has 30 heavy (non-hydrogen) atoms. The lowest BCUT2D eigenvalue weighted by molar-refractivity contribution is 0.196. The van der Waals surface area contributed by atoms with E-state index in [1.165, 1.54) is 11.8 Å². The van der Waals surface area contributed by atoms with E-state index in [2.05, 4.69) is 20.5 Å². The van der Waals surface area contributed by atoms with Gasteiger partial charge in [0.05, 0.1) is 0 Å². The van der Waals surface area contributed by atoms with E-state index in [0.29, 0.717) is 33.3 Å². The molecule has 1 N–H and O–H groups in total. The molecular formula is C22H17ClN4O2S. The molecule has 0 spiro atoms. The smallest absolute Gasteiger partial charge is 0.247 e. The Morgan fingerprint density at radius 2 is 1.97 bits per heavy atom. The maximum Gasteiger partial charge on any atom is 0.247 e. The number of ether oxygens (including phenoxy) is 1. The van der Waals surface area contributed by atoms with Gasteiger partial charge in [0.25, 0.3) is 0 Å². The number of rotatable bonds is 4. The predicted molar refractivity (Wildman–Crippen MR) is 118 cm³/mol. The van der Waals surface area contributed by atoms with Gasteiger partial charge in [-0.1, -0.05) is 60.6 Å². The number of halogens is 1. The molecule has 3 heterocycles. The third-order valence-electron chi connectivity index (χ3n) is 4.60. The highest BCUT2D eigenvalue weighted by Crippen LogP contribution is 2.40. The number of hydrogen-bond acceptors (Lipinski definition) is 7. The van der Waals surface area contributed by atoms with Crippen molar-refractivity contribution in [3.8, 4) is 28.5 Å². The van der Waals surface area contributed by atoms with Crippen molar-refractivity contribution in [2.24, 2.45) is 0 Å². The minimum absolute atomic E-state index is 0.420. The highest BCUT2D eigenvalue weighted by atomic mass is 35.5. The molecule has 0 saturated carbocycles. The molecule has 1 aliphatic heterocycles. The van der Waals surface area contributed by atoms with Crippen LogP contribution in [0.3, 0.4) is 0 Å². The van der Waals surface area contributed by atoms with Crippen LogP contribution in [0.2, 0.25) is 5.02 Å². The van der Waals surface area contributed by atoms with Crippen molar-refractivity contribution in [2.75, 3.05) is 11.1 Å². The lowest BCUT2D eigenvalue weighted by Gasteiger charge is -2.16. The first-order valence-corrected chi connectivity index (χ1v) is 10.8. The topological polar surface area (TPSA) is 73.1 Å². The van der Waals surface area contributed by atoms with E-state index in [9.17, 15) is 0 Å². The van der Waals surface area contributed by atoms with Crippen LogP contribution in [0.25, 0.3) is 22.6 Å². The van der Waals surface area contributed by atoms with Crippen molar-refractivity contribution in [3.05, 3.63) is 71.4 Å². The molecule has 1 atom stereocenters. The highest BCUT2D eigenvalue weighted by Gasteiger charge is 2.28. The van der Waals surface area contributed by atoms with Crippen molar-refractivity contribution in [1.82, 2.24) is 15.2 Å². The summed E-state index contributed by atoms with van der Waals surface area (Å²) in [6.07, 6.45) is -0.573. The summed E-state index contributed by atoms with van der Waals surface area (Å²) >= 11 is 7.64. The van der Waals surface area contributed by atoms with E-state index in [1.54, 1.807) is 0 Å². The second-order valence-corrected chi connectivity index (χ2v) is 8.25. The molecule has 5 rings (SSSR count). The van der Waals surface area contributed by atoms with Crippen LogP contribution in [0.15, 0.2) is 70.2 Å². The van der Waals surface area contributed by atoms with Crippen molar-refractivity contribution in [2.45, 2.75) is 18.3 Å². The van der Waals surface area contributed by atoms with Crippen LogP contribution >= 0.6 is 23.4 Å². The molecule has 150 valence electrons. The van der Waals surface area contributed by atoms with Crippen molar-refractivity contribution in [1.29, 1.82) is 0 Å². The average molecular weight is 437 g/mol. The van der Waals surface area contributed by atoms with E-state index in [1.807, 2.05) is 67.6 Å². The van der Waals surface area contributed by atoms with Crippen LogP contribution in [-0.4, -0.2) is 20.9 Å². The zero-order valence-corrected chi connectivity index (χ0v) is 17.6. The van der Waals surface area contributed by atoms with Crippen molar-refractivity contribution < 1.29 is 9.15 Å². The normalized spacial score (nSPS) is 14.8. The molecule has 0 saturated heterocycles. The molecular weight excluding hydrogens is 420 g/mol. The number of anilines is 1. The summed E-state index contributed by atoms with van der Waals surface area (Å²) in [6, 6.07) is 19.2. The van der Waals surface area contributed by atoms with Gasteiger partial charge in [0.15, 0.2) is 11.5 Å². The number of fused-ring (bicyclic) bond motifs is 3. The molecule has 2 aromatic heterocycles. The van der Waals surface area contributed by atoms with E-state index in [4.69, 9.17) is 20.8 Å². The van der Waals surface area contributed by atoms with Crippen molar-refractivity contribution in [3.63, 3.8) is 0 Å². The number of thioether (sulfide) groups is 1. The fourth-order valence-electron chi connectivity index (χ4n) is 3.26. The van der Waals surface area contributed by atoms with Gasteiger partial charge < -0.3 is 14.5 Å². The molecule has 8 heteroatoms. The second kappa shape index (κ2) is 8.01. The Labute approximate surface area is 182 Å². The van der Waals surface area contributed by atoms with Gasteiger partial charge in [-0.05, 0) is 36.1 Å². The van der Waals surface area contributed by atoms with Crippen LogP contribution in [0.5, 0.6) is 5.88 Å². The largest absolute Gasteiger partial charge is 0.455 e. The molecule has 2 aromatic carbocycles. The monoisotopic (exact) mass is 436 g/mol. The fraction of sp³-hybridized carbons (Fsp3) is 0.136. The molecule has 0 aliphatic carbocycles. The highest BCUT2D eigenvalue weighted by molar-refractivity contribution is 7.99. The third-order valence-corrected chi connectivity index (χ3v) is 5.56. The molecule has 1 aliphatic rings. The van der Waals surface area contributed by atoms with Gasteiger partial charge in [0.1, 0.15) is 5.76 Å². The van der Waals surface area contributed by atoms with E-state index < -0.39 is 6.23 Å². The van der Waals surface area contributed by atoms with Crippen LogP contribution < -0.4 is 10.1 Å². The molecule has 0 radical (unpaired) electrons. The Balaban J connectivity index is 1.55. The molecule has 4 aromatic rings. The minimum Gasteiger partial charge on any atom is -0.455 e. The predicted octanol–water partition coefficient (Wildman–Crippen LogP) is 6.07. The van der Waals surface area contributed by atoms with Gasteiger partial charge in [-0.2, -0.15) is 4.98 Å². The van der Waals surface area contributed by atoms with Crippen LogP contribution in [0.4, 0.5) is 5.69 Å². The summed E-state index contributed by atoms with van der Waals surface area (Å²) in [6.45, 7) is 2.04. The minimum atomic E-state index is -0.573. The Kier molecular flexibility index (Phi) is 5.06. The van der Waals surface area contributed by atoms with Gasteiger partial charge in [-0.15, -0.1) is 10.2 Å². The number of hydrogen-bond donors (Lipinski definition) is 1. The standard InChI is InChI=1S/C22H17ClN4O2S/c1-2-30-22-25-21-19(26-27-22)15-8-3-4-9-16(15)24-20(29-21)18-11-10-17(28-18)13-6-5-7-14(23)12-13/h3-12,20,24H,2H2,1H3. The number of para-hydroxylation sites is 1. The fourth-order valence-corrected chi connectivity index (χ4v) is 3.95. The Hall–Kier alpha value is -3.03. The SMILES string of the molecule is CCSc1nnc2c(n1)OC(c1ccc(-c3cccc(Cl)c3)o1)Nc1ccccc1-2. The van der Waals surface area contributed by atoms with Crippen molar-refractivity contribution >= 4 is 29.1 Å². The van der Waals surface area contributed by atoms with Crippen LogP contribution in [-0.2, 0) is 0 Å². The number of aromatic nitrogens is 3. The number of furan rings is 1. The summed E-state index contributed by atoms with van der Waals surface area (Å²) in [5, 5.41) is 13.2. The number of nitrogens with zero attached hydrogens (tertiary/aromatic N) is 3. The molecule has 1 unspecified atom stereocenters. The summed E-state index contributed by atoms with van der Waals surface area (Å²) in [5.41, 5.74) is 3.25. The van der Waals surface area contributed by atoms with Gasteiger partial charge in [-0.25, -0.2) is 0 Å². The van der Waals surface area contributed by atoms with Gasteiger partial charge in [0.2, 0.25) is 17.3 Å². The first-order valence-electron chi connectivity index (χ1n) is 9.47. The second-order valence-electron chi connectivity index (χ2n) is 6.58. The van der Waals surface area contributed by atoms with E-state index in [0.717, 1.165) is 22.6 Å². The number of nitrogens with one attached hydrogen (secondary N) is 1. The third kappa shape index (κ3) is 3.62. The Morgan fingerprint density at radius 1 is 1.07 bits per heavy atom. The molecule has 6 nitrogen and oxygen atoms in total. The first-order chi connectivity index (χ1) is 14.7. The Morgan fingerprint density at radius 3 is 2.83 bits per heavy atom. The van der Waals surface area contributed by atoms with Crippen LogP contribution in [0, 0.1) is 0 Å². The molecule has 0 amide bonds. The summed E-state index contributed by atoms with van der Waals surface area (Å²) in [5.74, 6) is 2.60. The maximum absolute atomic E-state index is 6.23. The average Bonchev–Trinajstić information content (AvgIpc) is 3.18. The lowest BCUT2D eigenvalue weighted by atomic mass is 10.1.